The number of furan rings is 1. The molecule has 1 saturated carbocycles. The zero-order valence-electron chi connectivity index (χ0n) is 17.7. The first-order valence-electron chi connectivity index (χ1n) is 10.7. The van der Waals surface area contributed by atoms with Crippen LogP contribution in [0.1, 0.15) is 36.2 Å². The van der Waals surface area contributed by atoms with Crippen molar-refractivity contribution in [3.8, 4) is 5.75 Å². The second-order valence-corrected chi connectivity index (χ2v) is 8.94. The van der Waals surface area contributed by atoms with Crippen molar-refractivity contribution >= 4 is 45.9 Å². The molecule has 0 atom stereocenters. The van der Waals surface area contributed by atoms with Crippen molar-refractivity contribution in [3.05, 3.63) is 64.1 Å². The third kappa shape index (κ3) is 6.25. The molecule has 0 aliphatic heterocycles. The number of carbonyl (C=O) groups is 2. The van der Waals surface area contributed by atoms with Crippen molar-refractivity contribution in [2.75, 3.05) is 13.2 Å². The van der Waals surface area contributed by atoms with E-state index in [2.05, 4.69) is 10.6 Å². The van der Waals surface area contributed by atoms with Gasteiger partial charge in [-0.3, -0.25) is 9.59 Å². The smallest absolute Gasteiger partial charge is 0.287 e. The molecular formula is C24H23Cl2FN2O4. The Labute approximate surface area is 200 Å². The first kappa shape index (κ1) is 23.5. The van der Waals surface area contributed by atoms with Crippen LogP contribution < -0.4 is 15.4 Å². The van der Waals surface area contributed by atoms with Gasteiger partial charge < -0.3 is 19.8 Å². The van der Waals surface area contributed by atoms with Gasteiger partial charge >= 0.3 is 0 Å². The summed E-state index contributed by atoms with van der Waals surface area (Å²) in [5.41, 5.74) is 0.618. The molecule has 0 bridgehead atoms. The minimum atomic E-state index is -0.590. The maximum atomic E-state index is 13.4. The molecule has 174 valence electrons. The van der Waals surface area contributed by atoms with Crippen molar-refractivity contribution in [3.63, 3.8) is 0 Å². The number of amides is 1. The van der Waals surface area contributed by atoms with E-state index in [0.717, 1.165) is 37.1 Å². The van der Waals surface area contributed by atoms with Crippen molar-refractivity contribution in [2.24, 2.45) is 0 Å². The number of nitrogens with one attached hydrogen (secondary N) is 2. The van der Waals surface area contributed by atoms with Gasteiger partial charge in [0.2, 0.25) is 0 Å². The Bertz CT molecular complexity index is 1160. The number of hydrogen-bond donors (Lipinski definition) is 2. The van der Waals surface area contributed by atoms with Crippen LogP contribution in [0.4, 0.5) is 4.39 Å². The van der Waals surface area contributed by atoms with E-state index in [9.17, 15) is 14.0 Å². The van der Waals surface area contributed by atoms with E-state index in [1.807, 2.05) is 0 Å². The first-order valence-corrected chi connectivity index (χ1v) is 11.5. The monoisotopic (exact) mass is 492 g/mol. The predicted octanol–water partition coefficient (Wildman–Crippen LogP) is 5.16. The van der Waals surface area contributed by atoms with Crippen LogP contribution >= 0.6 is 23.2 Å². The lowest BCUT2D eigenvalue weighted by Crippen LogP contribution is -2.43. The molecule has 9 heteroatoms. The van der Waals surface area contributed by atoms with Gasteiger partial charge in [0.25, 0.3) is 5.91 Å². The van der Waals surface area contributed by atoms with Gasteiger partial charge in [0, 0.05) is 28.6 Å². The number of ether oxygens (including phenoxy) is 1. The van der Waals surface area contributed by atoms with Gasteiger partial charge in [0.05, 0.1) is 11.6 Å². The molecule has 0 saturated heterocycles. The summed E-state index contributed by atoms with van der Waals surface area (Å²) in [6.45, 7) is 0.0154. The van der Waals surface area contributed by atoms with Gasteiger partial charge in [-0.05, 0) is 62.1 Å². The van der Waals surface area contributed by atoms with Gasteiger partial charge in [-0.15, -0.1) is 0 Å². The molecule has 2 aromatic carbocycles. The van der Waals surface area contributed by atoms with Gasteiger partial charge in [0.15, 0.2) is 11.5 Å². The Morgan fingerprint density at radius 2 is 1.79 bits per heavy atom. The average molecular weight is 493 g/mol. The van der Waals surface area contributed by atoms with Crippen LogP contribution in [0, 0.1) is 5.82 Å². The van der Waals surface area contributed by atoms with E-state index in [0.29, 0.717) is 10.6 Å². The Balaban J connectivity index is 1.17. The summed E-state index contributed by atoms with van der Waals surface area (Å²) in [6, 6.07) is 11.2. The fraction of sp³-hybridized carbons (Fsp3) is 0.333. The highest BCUT2D eigenvalue weighted by molar-refractivity contribution is 6.31. The van der Waals surface area contributed by atoms with Crippen LogP contribution in [0.3, 0.4) is 0 Å². The highest BCUT2D eigenvalue weighted by Crippen LogP contribution is 2.24. The maximum Gasteiger partial charge on any atom is 0.287 e. The molecule has 1 aliphatic carbocycles. The second kappa shape index (κ2) is 10.5. The molecule has 0 unspecified atom stereocenters. The zero-order chi connectivity index (χ0) is 23.4. The van der Waals surface area contributed by atoms with Crippen molar-refractivity contribution in [1.82, 2.24) is 10.6 Å². The van der Waals surface area contributed by atoms with Gasteiger partial charge in [-0.25, -0.2) is 4.39 Å². The molecule has 1 amide bonds. The van der Waals surface area contributed by atoms with Crippen LogP contribution in [0.15, 0.2) is 46.9 Å². The molecule has 0 spiro atoms. The molecule has 33 heavy (non-hydrogen) atoms. The van der Waals surface area contributed by atoms with Crippen molar-refractivity contribution < 1.29 is 23.1 Å². The fourth-order valence-electron chi connectivity index (χ4n) is 3.86. The van der Waals surface area contributed by atoms with Crippen LogP contribution in [-0.2, 0) is 4.79 Å². The summed E-state index contributed by atoms with van der Waals surface area (Å²) in [6.07, 6.45) is 3.25. The highest BCUT2D eigenvalue weighted by atomic mass is 35.5. The van der Waals surface area contributed by atoms with E-state index < -0.39 is 5.82 Å². The fourth-order valence-corrected chi connectivity index (χ4v) is 4.16. The SMILES string of the molecule is O=C(CN[C@H]1CC[C@H](NC(=O)c2cc3cc(Cl)ccc3o2)CC1)COc1ccc(Cl)c(F)c1. The van der Waals surface area contributed by atoms with Crippen LogP contribution in [0.5, 0.6) is 5.75 Å². The largest absolute Gasteiger partial charge is 0.486 e. The molecular weight excluding hydrogens is 470 g/mol. The third-order valence-corrected chi connectivity index (χ3v) is 6.18. The summed E-state index contributed by atoms with van der Waals surface area (Å²) >= 11 is 11.6. The molecule has 1 fully saturated rings. The topological polar surface area (TPSA) is 80.6 Å². The summed E-state index contributed by atoms with van der Waals surface area (Å²) in [5, 5.41) is 7.64. The Morgan fingerprint density at radius 3 is 2.55 bits per heavy atom. The summed E-state index contributed by atoms with van der Waals surface area (Å²) in [5.74, 6) is -0.448. The molecule has 2 N–H and O–H groups in total. The van der Waals surface area contributed by atoms with Gasteiger partial charge in [-0.2, -0.15) is 0 Å². The number of fused-ring (bicyclic) bond motifs is 1. The molecule has 0 radical (unpaired) electrons. The number of carbonyl (C=O) groups excluding carboxylic acids is 2. The number of hydrogen-bond acceptors (Lipinski definition) is 5. The lowest BCUT2D eigenvalue weighted by Gasteiger charge is -2.29. The maximum absolute atomic E-state index is 13.4. The summed E-state index contributed by atoms with van der Waals surface area (Å²) < 4.78 is 24.4. The minimum Gasteiger partial charge on any atom is -0.486 e. The normalized spacial score (nSPS) is 18.3. The van der Waals surface area contributed by atoms with Crippen molar-refractivity contribution in [2.45, 2.75) is 37.8 Å². The molecule has 6 nitrogen and oxygen atoms in total. The number of benzene rings is 2. The lowest BCUT2D eigenvalue weighted by molar-refractivity contribution is -0.120. The second-order valence-electron chi connectivity index (χ2n) is 8.10. The molecule has 1 aromatic heterocycles. The van der Waals surface area contributed by atoms with Gasteiger partial charge in [-0.1, -0.05) is 23.2 Å². The van der Waals surface area contributed by atoms with Crippen LogP contribution in [0.2, 0.25) is 10.0 Å². The molecule has 4 rings (SSSR count). The standard InChI is InChI=1S/C24H23Cl2FN2O4/c25-15-1-8-22-14(9-15)10-23(33-22)24(31)29-17-4-2-16(3-5-17)28-12-18(30)13-32-19-6-7-20(26)21(27)11-19/h1,6-11,16-17,28H,2-5,12-13H2,(H,29,31)/t16-,17-. The number of ketones is 1. The Kier molecular flexibility index (Phi) is 7.53. The Morgan fingerprint density at radius 1 is 1.03 bits per heavy atom. The average Bonchev–Trinajstić information content (AvgIpc) is 3.23. The minimum absolute atomic E-state index is 0.00429. The Hall–Kier alpha value is -2.61. The van der Waals surface area contributed by atoms with Gasteiger partial charge in [0.1, 0.15) is 23.8 Å². The summed E-state index contributed by atoms with van der Waals surface area (Å²) in [7, 11) is 0. The first-order chi connectivity index (χ1) is 15.9. The van der Waals surface area contributed by atoms with Crippen LogP contribution in [0.25, 0.3) is 11.0 Å². The van der Waals surface area contributed by atoms with E-state index >= 15 is 0 Å². The highest BCUT2D eigenvalue weighted by Gasteiger charge is 2.24. The summed E-state index contributed by atoms with van der Waals surface area (Å²) in [4.78, 5) is 24.6. The number of rotatable bonds is 8. The van der Waals surface area contributed by atoms with E-state index in [1.165, 1.54) is 12.1 Å². The van der Waals surface area contributed by atoms with Crippen LogP contribution in [-0.4, -0.2) is 36.9 Å². The molecule has 1 aliphatic rings. The lowest BCUT2D eigenvalue weighted by atomic mass is 9.91. The quantitative estimate of drug-likeness (QED) is 0.454. The molecule has 1 heterocycles. The van der Waals surface area contributed by atoms with E-state index in [-0.39, 0.29) is 53.5 Å². The number of Topliss-reactive ketones (excluding diaryl/α,β-unsaturated/α-hetero) is 1. The predicted molar refractivity (Wildman–Crippen MR) is 125 cm³/mol. The van der Waals surface area contributed by atoms with E-state index in [4.69, 9.17) is 32.4 Å². The zero-order valence-corrected chi connectivity index (χ0v) is 19.2. The number of halogens is 3. The third-order valence-electron chi connectivity index (χ3n) is 5.64. The van der Waals surface area contributed by atoms with E-state index in [1.54, 1.807) is 24.3 Å². The molecule has 3 aromatic rings. The van der Waals surface area contributed by atoms with Crippen molar-refractivity contribution in [1.29, 1.82) is 0 Å².